The molecule has 0 amide bonds. The largest absolute Gasteiger partial charge is 0.487 e. The molecular formula is C15H20BrN3O. The van der Waals surface area contributed by atoms with Crippen LogP contribution in [0.15, 0.2) is 28.7 Å². The molecule has 0 saturated heterocycles. The van der Waals surface area contributed by atoms with Crippen LogP contribution in [0.3, 0.4) is 0 Å². The SMILES string of the molecule is CCn1nc(C)cc1COc1ccc(Br)cc1CNC. The molecule has 2 rings (SSSR count). The predicted molar refractivity (Wildman–Crippen MR) is 83.9 cm³/mol. The zero-order chi connectivity index (χ0) is 14.5. The fraction of sp³-hybridized carbons (Fsp3) is 0.400. The number of hydrogen-bond donors (Lipinski definition) is 1. The highest BCUT2D eigenvalue weighted by molar-refractivity contribution is 9.10. The van der Waals surface area contributed by atoms with Gasteiger partial charge in [0.1, 0.15) is 12.4 Å². The molecule has 20 heavy (non-hydrogen) atoms. The van der Waals surface area contributed by atoms with Gasteiger partial charge in [0.2, 0.25) is 0 Å². The lowest BCUT2D eigenvalue weighted by molar-refractivity contribution is 0.289. The smallest absolute Gasteiger partial charge is 0.130 e. The van der Waals surface area contributed by atoms with E-state index in [1.165, 1.54) is 0 Å². The second-order valence-corrected chi connectivity index (χ2v) is 5.58. The number of hydrogen-bond acceptors (Lipinski definition) is 3. The van der Waals surface area contributed by atoms with Crippen LogP contribution in [0.5, 0.6) is 5.75 Å². The maximum absolute atomic E-state index is 5.96. The van der Waals surface area contributed by atoms with Crippen molar-refractivity contribution in [3.8, 4) is 5.75 Å². The maximum atomic E-state index is 5.96. The highest BCUT2D eigenvalue weighted by Gasteiger charge is 2.08. The molecule has 0 aliphatic heterocycles. The first-order valence-corrected chi connectivity index (χ1v) is 7.52. The average Bonchev–Trinajstić information content (AvgIpc) is 2.78. The fourth-order valence-electron chi connectivity index (χ4n) is 2.16. The van der Waals surface area contributed by atoms with E-state index in [-0.39, 0.29) is 0 Å². The normalized spacial score (nSPS) is 10.8. The first-order valence-electron chi connectivity index (χ1n) is 6.73. The van der Waals surface area contributed by atoms with Gasteiger partial charge in [0.25, 0.3) is 0 Å². The van der Waals surface area contributed by atoms with E-state index in [1.807, 2.05) is 30.8 Å². The number of nitrogens with zero attached hydrogens (tertiary/aromatic N) is 2. The summed E-state index contributed by atoms with van der Waals surface area (Å²) >= 11 is 3.49. The standard InChI is InChI=1S/C15H20BrN3O/c1-4-19-14(7-11(2)18-19)10-20-15-6-5-13(16)8-12(15)9-17-3/h5-8,17H,4,9-10H2,1-3H3. The molecule has 108 valence electrons. The van der Waals surface area contributed by atoms with Crippen LogP contribution in [0, 0.1) is 6.92 Å². The summed E-state index contributed by atoms with van der Waals surface area (Å²) < 4.78 is 9.00. The minimum absolute atomic E-state index is 0.535. The third kappa shape index (κ3) is 3.61. The van der Waals surface area contributed by atoms with Gasteiger partial charge in [-0.2, -0.15) is 5.10 Å². The van der Waals surface area contributed by atoms with Crippen LogP contribution in [0.2, 0.25) is 0 Å². The van der Waals surface area contributed by atoms with Crippen molar-refractivity contribution in [3.05, 3.63) is 45.7 Å². The minimum atomic E-state index is 0.535. The third-order valence-electron chi connectivity index (χ3n) is 3.05. The Labute approximate surface area is 128 Å². The number of nitrogens with one attached hydrogen (secondary N) is 1. The second kappa shape index (κ2) is 6.90. The second-order valence-electron chi connectivity index (χ2n) is 4.66. The first-order chi connectivity index (χ1) is 9.63. The fourth-order valence-corrected chi connectivity index (χ4v) is 2.57. The van der Waals surface area contributed by atoms with Crippen molar-refractivity contribution in [2.75, 3.05) is 7.05 Å². The van der Waals surface area contributed by atoms with E-state index < -0.39 is 0 Å². The van der Waals surface area contributed by atoms with Crippen molar-refractivity contribution < 1.29 is 4.74 Å². The molecule has 0 atom stereocenters. The predicted octanol–water partition coefficient (Wildman–Crippen LogP) is 3.27. The summed E-state index contributed by atoms with van der Waals surface area (Å²) in [4.78, 5) is 0. The van der Waals surface area contributed by atoms with Crippen LogP contribution in [0.4, 0.5) is 0 Å². The maximum Gasteiger partial charge on any atom is 0.130 e. The van der Waals surface area contributed by atoms with Crippen LogP contribution in [0.1, 0.15) is 23.9 Å². The molecule has 0 spiro atoms. The summed E-state index contributed by atoms with van der Waals surface area (Å²) in [6.45, 7) is 6.26. The van der Waals surface area contributed by atoms with E-state index in [9.17, 15) is 0 Å². The minimum Gasteiger partial charge on any atom is -0.487 e. The van der Waals surface area contributed by atoms with Crippen molar-refractivity contribution in [2.45, 2.75) is 33.5 Å². The van der Waals surface area contributed by atoms with Crippen LogP contribution in [0.25, 0.3) is 0 Å². The van der Waals surface area contributed by atoms with Crippen molar-refractivity contribution in [1.29, 1.82) is 0 Å². The van der Waals surface area contributed by atoms with E-state index in [4.69, 9.17) is 4.74 Å². The number of rotatable bonds is 6. The zero-order valence-corrected chi connectivity index (χ0v) is 13.7. The molecule has 1 N–H and O–H groups in total. The molecular weight excluding hydrogens is 318 g/mol. The topological polar surface area (TPSA) is 39.1 Å². The first kappa shape index (κ1) is 15.1. The Bertz CT molecular complexity index is 580. The Morgan fingerprint density at radius 3 is 2.85 bits per heavy atom. The monoisotopic (exact) mass is 337 g/mol. The number of benzene rings is 1. The van der Waals surface area contributed by atoms with Crippen LogP contribution in [-0.2, 0) is 19.7 Å². The van der Waals surface area contributed by atoms with Crippen molar-refractivity contribution >= 4 is 15.9 Å². The lowest BCUT2D eigenvalue weighted by Crippen LogP contribution is -2.09. The lowest BCUT2D eigenvalue weighted by atomic mass is 10.2. The van der Waals surface area contributed by atoms with Crippen molar-refractivity contribution in [2.24, 2.45) is 0 Å². The van der Waals surface area contributed by atoms with Crippen LogP contribution >= 0.6 is 15.9 Å². The van der Waals surface area contributed by atoms with E-state index in [0.717, 1.165) is 40.3 Å². The molecule has 0 unspecified atom stereocenters. The van der Waals surface area contributed by atoms with Gasteiger partial charge in [-0.15, -0.1) is 0 Å². The zero-order valence-electron chi connectivity index (χ0n) is 12.1. The number of ether oxygens (including phenoxy) is 1. The third-order valence-corrected chi connectivity index (χ3v) is 3.54. The van der Waals surface area contributed by atoms with E-state index in [2.05, 4.69) is 45.4 Å². The summed E-state index contributed by atoms with van der Waals surface area (Å²) in [6, 6.07) is 8.14. The van der Waals surface area contributed by atoms with Crippen molar-refractivity contribution in [1.82, 2.24) is 15.1 Å². The highest BCUT2D eigenvalue weighted by atomic mass is 79.9. The summed E-state index contributed by atoms with van der Waals surface area (Å²) in [7, 11) is 1.93. The van der Waals surface area contributed by atoms with Gasteiger partial charge in [0, 0.05) is 23.1 Å². The van der Waals surface area contributed by atoms with Crippen LogP contribution < -0.4 is 10.1 Å². The Kier molecular flexibility index (Phi) is 5.20. The van der Waals surface area contributed by atoms with Gasteiger partial charge in [0.15, 0.2) is 0 Å². The Morgan fingerprint density at radius 2 is 2.15 bits per heavy atom. The summed E-state index contributed by atoms with van der Waals surface area (Å²) in [5.74, 6) is 0.907. The molecule has 1 aromatic carbocycles. The summed E-state index contributed by atoms with van der Waals surface area (Å²) in [5, 5.41) is 7.59. The van der Waals surface area contributed by atoms with Crippen LogP contribution in [-0.4, -0.2) is 16.8 Å². The molecule has 1 aromatic heterocycles. The Morgan fingerprint density at radius 1 is 1.35 bits per heavy atom. The molecule has 0 fully saturated rings. The van der Waals surface area contributed by atoms with Gasteiger partial charge in [-0.05, 0) is 45.2 Å². The molecule has 0 radical (unpaired) electrons. The van der Waals surface area contributed by atoms with Crippen molar-refractivity contribution in [3.63, 3.8) is 0 Å². The highest BCUT2D eigenvalue weighted by Crippen LogP contribution is 2.24. The molecule has 0 bridgehead atoms. The summed E-state index contributed by atoms with van der Waals surface area (Å²) in [5.41, 5.74) is 3.26. The van der Waals surface area contributed by atoms with Gasteiger partial charge in [-0.3, -0.25) is 4.68 Å². The molecule has 0 aliphatic carbocycles. The van der Waals surface area contributed by atoms with E-state index in [1.54, 1.807) is 0 Å². The molecule has 0 aliphatic rings. The van der Waals surface area contributed by atoms with Gasteiger partial charge in [-0.25, -0.2) is 0 Å². The number of aryl methyl sites for hydroxylation is 2. The number of aromatic nitrogens is 2. The van der Waals surface area contributed by atoms with Gasteiger partial charge in [-0.1, -0.05) is 15.9 Å². The van der Waals surface area contributed by atoms with Gasteiger partial charge in [0.05, 0.1) is 11.4 Å². The van der Waals surface area contributed by atoms with E-state index >= 15 is 0 Å². The number of halogens is 1. The molecule has 2 aromatic rings. The molecule has 5 heteroatoms. The van der Waals surface area contributed by atoms with E-state index in [0.29, 0.717) is 6.61 Å². The Balaban J connectivity index is 2.13. The molecule has 4 nitrogen and oxygen atoms in total. The summed E-state index contributed by atoms with van der Waals surface area (Å²) in [6.07, 6.45) is 0. The average molecular weight is 338 g/mol. The van der Waals surface area contributed by atoms with Gasteiger partial charge >= 0.3 is 0 Å². The lowest BCUT2D eigenvalue weighted by Gasteiger charge is -2.12. The molecule has 1 heterocycles. The molecule has 0 saturated carbocycles. The van der Waals surface area contributed by atoms with Gasteiger partial charge < -0.3 is 10.1 Å². The Hall–Kier alpha value is -1.33. The quantitative estimate of drug-likeness (QED) is 0.879.